The molecule has 0 bridgehead atoms. The summed E-state index contributed by atoms with van der Waals surface area (Å²) < 4.78 is 0. The number of hydrogen-bond acceptors (Lipinski definition) is 1. The van der Waals surface area contributed by atoms with E-state index in [1.165, 1.54) is 12.3 Å². The van der Waals surface area contributed by atoms with E-state index in [4.69, 9.17) is 5.73 Å². The Morgan fingerprint density at radius 1 is 1.40 bits per heavy atom. The van der Waals surface area contributed by atoms with E-state index in [0.29, 0.717) is 0 Å². The van der Waals surface area contributed by atoms with Gasteiger partial charge < -0.3 is 0 Å². The van der Waals surface area contributed by atoms with Gasteiger partial charge in [0.2, 0.25) is 0 Å². The van der Waals surface area contributed by atoms with Gasteiger partial charge in [-0.05, 0) is 0 Å². The molecule has 1 nitrogen and oxygen atoms in total. The summed E-state index contributed by atoms with van der Waals surface area (Å²) in [4.78, 5) is 0. The maximum atomic E-state index is 5.56. The van der Waals surface area contributed by atoms with Crippen molar-refractivity contribution >= 4 is 7.26 Å². The summed E-state index contributed by atoms with van der Waals surface area (Å²) >= 11 is 0. The topological polar surface area (TPSA) is 26.0 Å². The Kier molecular flexibility index (Phi) is 4.47. The molecule has 1 atom stereocenters. The molecule has 0 saturated carbocycles. The summed E-state index contributed by atoms with van der Waals surface area (Å²) in [5, 5.41) is 0. The van der Waals surface area contributed by atoms with E-state index < -0.39 is 7.26 Å². The van der Waals surface area contributed by atoms with Crippen LogP contribution in [0.25, 0.3) is 0 Å². The van der Waals surface area contributed by atoms with E-state index in [0.717, 1.165) is 12.5 Å². The molecule has 1 unspecified atom stereocenters. The van der Waals surface area contributed by atoms with Crippen LogP contribution in [0, 0.1) is 5.92 Å². The molecule has 10 heavy (non-hydrogen) atoms. The average Bonchev–Trinajstić information content (AvgIpc) is 1.87. The van der Waals surface area contributed by atoms with E-state index in [9.17, 15) is 0 Å². The van der Waals surface area contributed by atoms with Crippen LogP contribution in [0.2, 0.25) is 0 Å². The maximum absolute atomic E-state index is 5.56. The molecule has 2 heteroatoms. The first-order valence-corrected chi connectivity index (χ1v) is 7.63. The van der Waals surface area contributed by atoms with Crippen LogP contribution >= 0.6 is 7.26 Å². The second kappa shape index (κ2) is 4.31. The number of rotatable bonds is 4. The SMILES string of the molecule is CC[PH](C)(C)CC(C)CN. The second-order valence-corrected chi connectivity index (χ2v) is 9.51. The minimum atomic E-state index is -0.841. The Morgan fingerprint density at radius 2 is 1.90 bits per heavy atom. The molecule has 0 aromatic rings. The van der Waals surface area contributed by atoms with E-state index in [-0.39, 0.29) is 0 Å². The quantitative estimate of drug-likeness (QED) is 0.626. The van der Waals surface area contributed by atoms with Crippen LogP contribution in [0.3, 0.4) is 0 Å². The first-order chi connectivity index (χ1) is 4.52. The van der Waals surface area contributed by atoms with Crippen LogP contribution in [0.5, 0.6) is 0 Å². The van der Waals surface area contributed by atoms with Crippen LogP contribution in [0.1, 0.15) is 13.8 Å². The van der Waals surface area contributed by atoms with E-state index in [1.807, 2.05) is 0 Å². The zero-order valence-electron chi connectivity index (χ0n) is 7.78. The van der Waals surface area contributed by atoms with Crippen molar-refractivity contribution in [3.63, 3.8) is 0 Å². The Bertz CT molecular complexity index is 91.3. The standard InChI is InChI=1S/C8H22NP/c1-5-10(3,4)7-8(2)6-9/h8,10H,5-7,9H2,1-4H3. The van der Waals surface area contributed by atoms with Crippen molar-refractivity contribution in [1.29, 1.82) is 0 Å². The molecule has 0 fully saturated rings. The van der Waals surface area contributed by atoms with Crippen molar-refractivity contribution in [3.8, 4) is 0 Å². The molecule has 0 heterocycles. The predicted molar refractivity (Wildman–Crippen MR) is 53.8 cm³/mol. The van der Waals surface area contributed by atoms with Gasteiger partial charge in [-0.25, -0.2) is 0 Å². The Labute approximate surface area is 65.7 Å². The van der Waals surface area contributed by atoms with Gasteiger partial charge in [0.15, 0.2) is 0 Å². The average molecular weight is 163 g/mol. The fourth-order valence-electron chi connectivity index (χ4n) is 1.17. The van der Waals surface area contributed by atoms with Gasteiger partial charge in [-0.15, -0.1) is 0 Å². The second-order valence-electron chi connectivity index (χ2n) is 4.06. The van der Waals surface area contributed by atoms with Crippen LogP contribution in [-0.4, -0.2) is 32.2 Å². The summed E-state index contributed by atoms with van der Waals surface area (Å²) in [6, 6.07) is 0. The summed E-state index contributed by atoms with van der Waals surface area (Å²) in [7, 11) is -0.841. The first-order valence-electron chi connectivity index (χ1n) is 4.22. The molecule has 0 aliphatic heterocycles. The summed E-state index contributed by atoms with van der Waals surface area (Å²) in [6.45, 7) is 10.3. The van der Waals surface area contributed by atoms with Crippen LogP contribution in [-0.2, 0) is 0 Å². The van der Waals surface area contributed by atoms with Gasteiger partial charge in [0, 0.05) is 0 Å². The van der Waals surface area contributed by atoms with Crippen molar-refractivity contribution in [2.75, 3.05) is 32.2 Å². The third-order valence-electron chi connectivity index (χ3n) is 2.26. The fraction of sp³-hybridized carbons (Fsp3) is 1.00. The molecule has 0 aromatic carbocycles. The molecule has 0 aliphatic carbocycles. The summed E-state index contributed by atoms with van der Waals surface area (Å²) in [5.74, 6) is 0.738. The van der Waals surface area contributed by atoms with Gasteiger partial charge in [0.1, 0.15) is 0 Å². The molecule has 0 aromatic heterocycles. The van der Waals surface area contributed by atoms with Crippen LogP contribution in [0.15, 0.2) is 0 Å². The number of nitrogens with two attached hydrogens (primary N) is 1. The predicted octanol–water partition coefficient (Wildman–Crippen LogP) is 1.61. The third kappa shape index (κ3) is 4.24. The molecule has 0 amide bonds. The fourth-order valence-corrected chi connectivity index (χ4v) is 3.51. The van der Waals surface area contributed by atoms with Gasteiger partial charge in [0.25, 0.3) is 0 Å². The van der Waals surface area contributed by atoms with Crippen LogP contribution < -0.4 is 5.73 Å². The van der Waals surface area contributed by atoms with E-state index in [2.05, 4.69) is 27.2 Å². The van der Waals surface area contributed by atoms with Gasteiger partial charge in [-0.2, -0.15) is 0 Å². The van der Waals surface area contributed by atoms with Gasteiger partial charge in [0.05, 0.1) is 0 Å². The Morgan fingerprint density at radius 3 is 2.20 bits per heavy atom. The Hall–Kier alpha value is 0.390. The molecule has 0 spiro atoms. The molecular formula is C8H22NP. The van der Waals surface area contributed by atoms with Crippen molar-refractivity contribution in [1.82, 2.24) is 0 Å². The number of hydrogen-bond donors (Lipinski definition) is 1. The monoisotopic (exact) mass is 163 g/mol. The van der Waals surface area contributed by atoms with E-state index >= 15 is 0 Å². The zero-order chi connectivity index (χ0) is 8.20. The normalized spacial score (nSPS) is 16.9. The van der Waals surface area contributed by atoms with E-state index in [1.54, 1.807) is 0 Å². The zero-order valence-corrected chi connectivity index (χ0v) is 8.78. The van der Waals surface area contributed by atoms with Crippen LogP contribution in [0.4, 0.5) is 0 Å². The molecule has 2 N–H and O–H groups in total. The van der Waals surface area contributed by atoms with Gasteiger partial charge in [-0.1, -0.05) is 0 Å². The third-order valence-corrected chi connectivity index (χ3v) is 5.98. The van der Waals surface area contributed by atoms with Crippen molar-refractivity contribution in [2.24, 2.45) is 11.7 Å². The van der Waals surface area contributed by atoms with Crippen molar-refractivity contribution in [2.45, 2.75) is 13.8 Å². The molecule has 0 rings (SSSR count). The minimum absolute atomic E-state index is 0.738. The van der Waals surface area contributed by atoms with Gasteiger partial charge >= 0.3 is 65.0 Å². The molecule has 64 valence electrons. The van der Waals surface area contributed by atoms with Crippen molar-refractivity contribution in [3.05, 3.63) is 0 Å². The molecule has 0 radical (unpaired) electrons. The Balaban J connectivity index is 3.64. The van der Waals surface area contributed by atoms with Crippen molar-refractivity contribution < 1.29 is 0 Å². The van der Waals surface area contributed by atoms with Gasteiger partial charge in [-0.3, -0.25) is 0 Å². The molecule has 0 saturated heterocycles. The molecular weight excluding hydrogens is 141 g/mol. The summed E-state index contributed by atoms with van der Waals surface area (Å²) in [5.41, 5.74) is 5.56. The molecule has 0 aliphatic rings. The summed E-state index contributed by atoms with van der Waals surface area (Å²) in [6.07, 6.45) is 2.78. The first kappa shape index (κ1) is 10.4.